The molecule has 0 aromatic rings. The lowest BCUT2D eigenvalue weighted by Crippen LogP contribution is -2.49. The Hall–Kier alpha value is -0.610. The van der Waals surface area contributed by atoms with Crippen LogP contribution >= 0.6 is 0 Å². The third-order valence-corrected chi connectivity index (χ3v) is 4.68. The van der Waals surface area contributed by atoms with Gasteiger partial charge in [-0.05, 0) is 37.6 Å². The van der Waals surface area contributed by atoms with E-state index >= 15 is 0 Å². The zero-order valence-electron chi connectivity index (χ0n) is 11.4. The third kappa shape index (κ3) is 3.23. The zero-order chi connectivity index (χ0) is 13.0. The molecular weight excluding hydrogens is 228 g/mol. The Bertz CT molecular complexity index is 282. The fourth-order valence-electron chi connectivity index (χ4n) is 3.25. The first-order valence-electron chi connectivity index (χ1n) is 7.20. The van der Waals surface area contributed by atoms with Crippen LogP contribution in [0.15, 0.2) is 0 Å². The molecule has 2 aliphatic rings. The van der Waals surface area contributed by atoms with Crippen LogP contribution in [-0.2, 0) is 9.53 Å². The van der Waals surface area contributed by atoms with Crippen molar-refractivity contribution in [3.05, 3.63) is 0 Å². The molecule has 0 aromatic heterocycles. The number of carbonyl (C=O) groups excluding carboxylic acids is 1. The highest BCUT2D eigenvalue weighted by atomic mass is 16.5. The molecule has 4 nitrogen and oxygen atoms in total. The molecule has 0 heterocycles. The Morgan fingerprint density at radius 3 is 2.56 bits per heavy atom. The molecule has 0 aliphatic heterocycles. The standard InChI is InChI=1S/C14H26N2O2/c1-18-12-7-11(8-12)16-13(17)9-14(10-15)5-3-2-4-6-14/h11-12H,2-10,15H2,1H3,(H,16,17). The maximum atomic E-state index is 12.1. The summed E-state index contributed by atoms with van der Waals surface area (Å²) in [4.78, 5) is 12.1. The van der Waals surface area contributed by atoms with Gasteiger partial charge in [-0.15, -0.1) is 0 Å². The van der Waals surface area contributed by atoms with Gasteiger partial charge in [0.2, 0.25) is 5.91 Å². The number of hydrogen-bond donors (Lipinski definition) is 2. The molecule has 3 N–H and O–H groups in total. The fourth-order valence-corrected chi connectivity index (χ4v) is 3.25. The van der Waals surface area contributed by atoms with Gasteiger partial charge in [0.05, 0.1) is 6.10 Å². The van der Waals surface area contributed by atoms with E-state index in [9.17, 15) is 4.79 Å². The summed E-state index contributed by atoms with van der Waals surface area (Å²) in [5.41, 5.74) is 5.98. The fraction of sp³-hybridized carbons (Fsp3) is 0.929. The van der Waals surface area contributed by atoms with Gasteiger partial charge >= 0.3 is 0 Å². The van der Waals surface area contributed by atoms with Crippen LogP contribution < -0.4 is 11.1 Å². The lowest BCUT2D eigenvalue weighted by Gasteiger charge is -2.38. The number of ether oxygens (including phenoxy) is 1. The van der Waals surface area contributed by atoms with E-state index in [1.807, 2.05) is 0 Å². The van der Waals surface area contributed by atoms with Gasteiger partial charge in [0.25, 0.3) is 0 Å². The molecule has 0 atom stereocenters. The van der Waals surface area contributed by atoms with Crippen LogP contribution in [0.25, 0.3) is 0 Å². The maximum absolute atomic E-state index is 12.1. The van der Waals surface area contributed by atoms with Gasteiger partial charge < -0.3 is 15.8 Å². The minimum Gasteiger partial charge on any atom is -0.381 e. The minimum absolute atomic E-state index is 0.0761. The molecule has 2 rings (SSSR count). The second kappa shape index (κ2) is 6.02. The molecule has 0 saturated heterocycles. The summed E-state index contributed by atoms with van der Waals surface area (Å²) in [6.07, 6.45) is 8.83. The lowest BCUT2D eigenvalue weighted by molar-refractivity contribution is -0.126. The van der Waals surface area contributed by atoms with Crippen molar-refractivity contribution >= 4 is 5.91 Å². The average Bonchev–Trinajstić information content (AvgIpc) is 2.34. The summed E-state index contributed by atoms with van der Waals surface area (Å²) in [6.45, 7) is 0.645. The van der Waals surface area contributed by atoms with E-state index in [1.165, 1.54) is 19.3 Å². The van der Waals surface area contributed by atoms with Crippen LogP contribution in [0.3, 0.4) is 0 Å². The molecule has 2 fully saturated rings. The predicted molar refractivity (Wildman–Crippen MR) is 71.2 cm³/mol. The summed E-state index contributed by atoms with van der Waals surface area (Å²) in [5, 5.41) is 3.11. The first-order valence-corrected chi connectivity index (χ1v) is 7.20. The van der Waals surface area contributed by atoms with E-state index in [0.717, 1.165) is 25.7 Å². The highest BCUT2D eigenvalue weighted by Gasteiger charge is 2.35. The number of hydrogen-bond acceptors (Lipinski definition) is 3. The Morgan fingerprint density at radius 2 is 2.00 bits per heavy atom. The van der Waals surface area contributed by atoms with Gasteiger partial charge in [-0.25, -0.2) is 0 Å². The van der Waals surface area contributed by atoms with Gasteiger partial charge in [0, 0.05) is 19.6 Å². The maximum Gasteiger partial charge on any atom is 0.220 e. The average molecular weight is 254 g/mol. The topological polar surface area (TPSA) is 64.3 Å². The second-order valence-corrected chi connectivity index (χ2v) is 6.04. The molecule has 104 valence electrons. The first-order chi connectivity index (χ1) is 8.67. The van der Waals surface area contributed by atoms with Crippen molar-refractivity contribution in [3.8, 4) is 0 Å². The molecule has 1 amide bonds. The van der Waals surface area contributed by atoms with Gasteiger partial charge in [0.15, 0.2) is 0 Å². The van der Waals surface area contributed by atoms with Crippen LogP contribution in [-0.4, -0.2) is 31.7 Å². The summed E-state index contributed by atoms with van der Waals surface area (Å²) in [6, 6.07) is 0.320. The molecule has 0 bridgehead atoms. The number of nitrogens with one attached hydrogen (secondary N) is 1. The van der Waals surface area contributed by atoms with Gasteiger partial charge in [0.1, 0.15) is 0 Å². The lowest BCUT2D eigenvalue weighted by atomic mass is 9.71. The molecule has 0 unspecified atom stereocenters. The molecule has 4 heteroatoms. The van der Waals surface area contributed by atoms with E-state index in [0.29, 0.717) is 25.1 Å². The molecule has 0 aromatic carbocycles. The highest BCUT2D eigenvalue weighted by Crippen LogP contribution is 2.38. The Kier molecular flexibility index (Phi) is 4.62. The predicted octanol–water partition coefficient (Wildman–Crippen LogP) is 1.58. The van der Waals surface area contributed by atoms with Crippen molar-refractivity contribution in [2.75, 3.05) is 13.7 Å². The number of amides is 1. The van der Waals surface area contributed by atoms with Crippen molar-refractivity contribution < 1.29 is 9.53 Å². The van der Waals surface area contributed by atoms with Crippen LogP contribution in [0.1, 0.15) is 51.4 Å². The Morgan fingerprint density at radius 1 is 1.33 bits per heavy atom. The van der Waals surface area contributed by atoms with Crippen LogP contribution in [0.2, 0.25) is 0 Å². The number of methoxy groups -OCH3 is 1. The summed E-state index contributed by atoms with van der Waals surface area (Å²) in [7, 11) is 1.73. The molecule has 2 aliphatic carbocycles. The molecule has 0 spiro atoms. The molecule has 18 heavy (non-hydrogen) atoms. The summed E-state index contributed by atoms with van der Waals surface area (Å²) in [5.74, 6) is 0.182. The third-order valence-electron chi connectivity index (χ3n) is 4.68. The van der Waals surface area contributed by atoms with Crippen molar-refractivity contribution in [1.82, 2.24) is 5.32 Å². The minimum atomic E-state index is 0.0761. The van der Waals surface area contributed by atoms with Crippen molar-refractivity contribution in [1.29, 1.82) is 0 Å². The monoisotopic (exact) mass is 254 g/mol. The van der Waals surface area contributed by atoms with E-state index in [-0.39, 0.29) is 11.3 Å². The Balaban J connectivity index is 1.75. The van der Waals surface area contributed by atoms with Crippen molar-refractivity contribution in [3.63, 3.8) is 0 Å². The van der Waals surface area contributed by atoms with Crippen LogP contribution in [0.5, 0.6) is 0 Å². The summed E-state index contributed by atoms with van der Waals surface area (Å²) >= 11 is 0. The van der Waals surface area contributed by atoms with Gasteiger partial charge in [-0.1, -0.05) is 19.3 Å². The Labute approximate surface area is 110 Å². The molecule has 2 saturated carbocycles. The normalized spacial score (nSPS) is 30.6. The largest absolute Gasteiger partial charge is 0.381 e. The highest BCUT2D eigenvalue weighted by molar-refractivity contribution is 5.77. The SMILES string of the molecule is COC1CC(NC(=O)CC2(CN)CCCCC2)C1. The van der Waals surface area contributed by atoms with Crippen LogP contribution in [0.4, 0.5) is 0 Å². The number of carbonyl (C=O) groups is 1. The molecule has 0 radical (unpaired) electrons. The number of rotatable bonds is 5. The van der Waals surface area contributed by atoms with Gasteiger partial charge in [-0.3, -0.25) is 4.79 Å². The first kappa shape index (κ1) is 13.8. The van der Waals surface area contributed by atoms with Crippen molar-refractivity contribution in [2.45, 2.75) is 63.5 Å². The van der Waals surface area contributed by atoms with Crippen molar-refractivity contribution in [2.24, 2.45) is 11.1 Å². The van der Waals surface area contributed by atoms with Crippen LogP contribution in [0, 0.1) is 5.41 Å². The van der Waals surface area contributed by atoms with E-state index < -0.39 is 0 Å². The summed E-state index contributed by atoms with van der Waals surface area (Å²) < 4.78 is 5.22. The van der Waals surface area contributed by atoms with E-state index in [2.05, 4.69) is 5.32 Å². The molecular formula is C14H26N2O2. The van der Waals surface area contributed by atoms with Gasteiger partial charge in [-0.2, -0.15) is 0 Å². The second-order valence-electron chi connectivity index (χ2n) is 6.04. The smallest absolute Gasteiger partial charge is 0.220 e. The zero-order valence-corrected chi connectivity index (χ0v) is 11.4. The quantitative estimate of drug-likeness (QED) is 0.783. The van der Waals surface area contributed by atoms with E-state index in [4.69, 9.17) is 10.5 Å². The number of nitrogens with two attached hydrogens (primary N) is 1. The van der Waals surface area contributed by atoms with E-state index in [1.54, 1.807) is 7.11 Å².